The Morgan fingerprint density at radius 1 is 1.37 bits per heavy atom. The molecule has 0 radical (unpaired) electrons. The Hall–Kier alpha value is -2.70. The zero-order valence-electron chi connectivity index (χ0n) is 15.9. The number of benzene rings is 1. The molecule has 0 aliphatic carbocycles. The largest absolute Gasteiger partial charge is 0.492 e. The fourth-order valence-corrected chi connectivity index (χ4v) is 3.00. The molecule has 0 saturated heterocycles. The minimum atomic E-state index is -4.38. The average Bonchev–Trinajstić information content (AvgIpc) is 3.08. The van der Waals surface area contributed by atoms with E-state index in [1.54, 1.807) is 19.1 Å². The van der Waals surface area contributed by atoms with Crippen LogP contribution in [0.15, 0.2) is 24.5 Å². The second-order valence-electron chi connectivity index (χ2n) is 6.77. The molecule has 1 aromatic carbocycles. The van der Waals surface area contributed by atoms with Crippen molar-refractivity contribution >= 4 is 18.5 Å². The first kappa shape index (κ1) is 22.0. The maximum Gasteiger partial charge on any atom is 0.492 e. The number of nitrogens with zero attached hydrogens (tertiary/aromatic N) is 2. The molecule has 1 unspecified atom stereocenters. The summed E-state index contributed by atoms with van der Waals surface area (Å²) < 4.78 is 47.8. The lowest BCUT2D eigenvalue weighted by Crippen LogP contribution is -2.38. The smallest absolute Gasteiger partial charge is 0.437 e. The molecule has 1 atom stereocenters. The van der Waals surface area contributed by atoms with E-state index in [4.69, 9.17) is 9.39 Å². The van der Waals surface area contributed by atoms with Gasteiger partial charge in [-0.05, 0) is 36.0 Å². The van der Waals surface area contributed by atoms with Crippen molar-refractivity contribution in [2.24, 2.45) is 0 Å². The number of nitrogens with one attached hydrogen (secondary N) is 1. The Labute approximate surface area is 170 Å². The average molecular weight is 425 g/mol. The van der Waals surface area contributed by atoms with Crippen molar-refractivity contribution in [3.8, 4) is 11.6 Å². The van der Waals surface area contributed by atoms with Crippen LogP contribution in [-0.4, -0.2) is 51.9 Å². The molecule has 2 heterocycles. The third kappa shape index (κ3) is 5.26. The van der Waals surface area contributed by atoms with E-state index in [1.807, 2.05) is 0 Å². The molecule has 8 nitrogen and oxygen atoms in total. The number of ether oxygens (including phenoxy) is 1. The van der Waals surface area contributed by atoms with Crippen molar-refractivity contribution in [2.75, 3.05) is 6.61 Å². The van der Waals surface area contributed by atoms with Gasteiger partial charge in [0.25, 0.3) is 5.91 Å². The Morgan fingerprint density at radius 2 is 2.13 bits per heavy atom. The SMILES string of the molecule is Cc1c(Oc2cnc(C(=O)NC(CO)CCC(F)(F)F)cn2)ccc2c1B(O)OC2. The van der Waals surface area contributed by atoms with Crippen LogP contribution in [0.25, 0.3) is 0 Å². The maximum absolute atomic E-state index is 12.3. The van der Waals surface area contributed by atoms with Gasteiger partial charge in [-0.25, -0.2) is 9.97 Å². The van der Waals surface area contributed by atoms with E-state index in [1.165, 1.54) is 6.20 Å². The molecule has 160 valence electrons. The highest BCUT2D eigenvalue weighted by Gasteiger charge is 2.31. The molecule has 2 aromatic rings. The zero-order chi connectivity index (χ0) is 21.9. The van der Waals surface area contributed by atoms with Gasteiger partial charge in [0.1, 0.15) is 11.4 Å². The summed E-state index contributed by atoms with van der Waals surface area (Å²) in [6.45, 7) is 1.43. The first-order chi connectivity index (χ1) is 14.2. The highest BCUT2D eigenvalue weighted by Crippen LogP contribution is 2.26. The lowest BCUT2D eigenvalue weighted by Gasteiger charge is -2.17. The summed E-state index contributed by atoms with van der Waals surface area (Å²) in [5, 5.41) is 21.4. The van der Waals surface area contributed by atoms with Crippen LogP contribution < -0.4 is 15.5 Å². The monoisotopic (exact) mass is 425 g/mol. The van der Waals surface area contributed by atoms with Gasteiger partial charge in [0.05, 0.1) is 31.6 Å². The normalized spacial score (nSPS) is 14.4. The van der Waals surface area contributed by atoms with Crippen LogP contribution in [0.2, 0.25) is 0 Å². The minimum absolute atomic E-state index is 0.0822. The summed E-state index contributed by atoms with van der Waals surface area (Å²) in [6, 6.07) is 2.41. The number of aliphatic hydroxyl groups is 1. The van der Waals surface area contributed by atoms with Gasteiger partial charge < -0.3 is 24.8 Å². The zero-order valence-corrected chi connectivity index (χ0v) is 15.9. The number of halogens is 3. The summed E-state index contributed by atoms with van der Waals surface area (Å²) in [5.74, 6) is -0.250. The lowest BCUT2D eigenvalue weighted by molar-refractivity contribution is -0.137. The van der Waals surface area contributed by atoms with E-state index in [2.05, 4.69) is 15.3 Å². The fraction of sp³-hybridized carbons (Fsp3) is 0.389. The molecule has 12 heteroatoms. The molecule has 0 fully saturated rings. The van der Waals surface area contributed by atoms with Crippen molar-refractivity contribution in [1.82, 2.24) is 15.3 Å². The number of amides is 1. The molecule has 3 N–H and O–H groups in total. The van der Waals surface area contributed by atoms with Crippen LogP contribution in [-0.2, 0) is 11.3 Å². The molecule has 0 bridgehead atoms. The Bertz CT molecular complexity index is 911. The lowest BCUT2D eigenvalue weighted by atomic mass is 9.76. The fourth-order valence-electron chi connectivity index (χ4n) is 3.00. The quantitative estimate of drug-likeness (QED) is 0.572. The molecular weight excluding hydrogens is 406 g/mol. The van der Waals surface area contributed by atoms with Gasteiger partial charge in [-0.15, -0.1) is 0 Å². The van der Waals surface area contributed by atoms with Crippen molar-refractivity contribution in [3.05, 3.63) is 41.3 Å². The number of rotatable bonds is 7. The summed E-state index contributed by atoms with van der Waals surface area (Å²) >= 11 is 0. The molecule has 1 aromatic heterocycles. The number of fused-ring (bicyclic) bond motifs is 1. The van der Waals surface area contributed by atoms with Crippen molar-refractivity contribution in [3.63, 3.8) is 0 Å². The summed E-state index contributed by atoms with van der Waals surface area (Å²) in [5.41, 5.74) is 2.03. The number of hydrogen-bond donors (Lipinski definition) is 3. The first-order valence-corrected chi connectivity index (χ1v) is 9.08. The van der Waals surface area contributed by atoms with Gasteiger partial charge in [-0.3, -0.25) is 4.79 Å². The predicted octanol–water partition coefficient (Wildman–Crippen LogP) is 1.23. The van der Waals surface area contributed by atoms with Crippen LogP contribution in [0.1, 0.15) is 34.5 Å². The van der Waals surface area contributed by atoms with Crippen molar-refractivity contribution < 1.29 is 37.5 Å². The van der Waals surface area contributed by atoms with Gasteiger partial charge >= 0.3 is 13.3 Å². The molecule has 0 spiro atoms. The molecule has 1 amide bonds. The molecule has 0 saturated carbocycles. The first-order valence-electron chi connectivity index (χ1n) is 9.08. The van der Waals surface area contributed by atoms with E-state index >= 15 is 0 Å². The molecule has 1 aliphatic rings. The van der Waals surface area contributed by atoms with Gasteiger partial charge in [-0.2, -0.15) is 13.2 Å². The van der Waals surface area contributed by atoms with Gasteiger partial charge in [0.2, 0.25) is 5.88 Å². The van der Waals surface area contributed by atoms with Crippen LogP contribution >= 0.6 is 0 Å². The number of aliphatic hydroxyl groups excluding tert-OH is 1. The summed E-state index contributed by atoms with van der Waals surface area (Å²) in [7, 11) is -1.03. The Morgan fingerprint density at radius 3 is 2.77 bits per heavy atom. The number of aromatic nitrogens is 2. The highest BCUT2D eigenvalue weighted by molar-refractivity contribution is 6.62. The molecule has 3 rings (SSSR count). The summed E-state index contributed by atoms with van der Waals surface area (Å²) in [4.78, 5) is 20.0. The maximum atomic E-state index is 12.3. The number of carbonyl (C=O) groups excluding carboxylic acids is 1. The highest BCUT2D eigenvalue weighted by atomic mass is 19.4. The van der Waals surface area contributed by atoms with E-state index in [0.29, 0.717) is 23.4 Å². The molecular formula is C18H19BF3N3O5. The number of carbonyl (C=O) groups is 1. The minimum Gasteiger partial charge on any atom is -0.437 e. The standard InChI is InChI=1S/C18H19BF3N3O5/c1-10-14(3-2-11-9-29-19(28)16(10)11)30-15-7-23-13(6-24-15)17(27)25-12(8-26)4-5-18(20,21)22/h2-3,6-7,12,26,28H,4-5,8-9H2,1H3,(H,25,27). The van der Waals surface area contributed by atoms with E-state index < -0.39 is 44.7 Å². The van der Waals surface area contributed by atoms with Crippen molar-refractivity contribution in [2.45, 2.75) is 38.6 Å². The molecule has 30 heavy (non-hydrogen) atoms. The van der Waals surface area contributed by atoms with Gasteiger partial charge in [-0.1, -0.05) is 6.07 Å². The van der Waals surface area contributed by atoms with Crippen LogP contribution in [0, 0.1) is 6.92 Å². The second-order valence-corrected chi connectivity index (χ2v) is 6.77. The number of alkyl halides is 3. The van der Waals surface area contributed by atoms with Crippen molar-refractivity contribution in [1.29, 1.82) is 0 Å². The number of hydrogen-bond acceptors (Lipinski definition) is 7. The van der Waals surface area contributed by atoms with E-state index in [0.717, 1.165) is 11.8 Å². The third-order valence-corrected chi connectivity index (χ3v) is 4.61. The Kier molecular flexibility index (Phi) is 6.59. The topological polar surface area (TPSA) is 114 Å². The van der Waals surface area contributed by atoms with Crippen LogP contribution in [0.3, 0.4) is 0 Å². The van der Waals surface area contributed by atoms with Gasteiger partial charge in [0, 0.05) is 6.42 Å². The van der Waals surface area contributed by atoms with E-state index in [9.17, 15) is 28.1 Å². The van der Waals surface area contributed by atoms with Crippen LogP contribution in [0.5, 0.6) is 11.6 Å². The Balaban J connectivity index is 1.64. The molecule has 1 aliphatic heterocycles. The second kappa shape index (κ2) is 8.98. The third-order valence-electron chi connectivity index (χ3n) is 4.61. The summed E-state index contributed by atoms with van der Waals surface area (Å²) in [6.07, 6.45) is -3.65. The van der Waals surface area contributed by atoms with Crippen LogP contribution in [0.4, 0.5) is 13.2 Å². The predicted molar refractivity (Wildman–Crippen MR) is 99.3 cm³/mol. The van der Waals surface area contributed by atoms with Gasteiger partial charge in [0.15, 0.2) is 0 Å². The van der Waals surface area contributed by atoms with E-state index in [-0.39, 0.29) is 11.6 Å².